The summed E-state index contributed by atoms with van der Waals surface area (Å²) in [6.45, 7) is 1.55. The van der Waals surface area contributed by atoms with Crippen LogP contribution in [0.4, 0.5) is 0 Å². The number of rotatable bonds is 4. The molecule has 0 unspecified atom stereocenters. The molecule has 2 rings (SSSR count). The molecule has 0 saturated heterocycles. The van der Waals surface area contributed by atoms with E-state index in [0.717, 1.165) is 25.7 Å². The molecule has 18 heavy (non-hydrogen) atoms. The number of aliphatic carboxylic acids is 1. The molecule has 1 aromatic rings. The Hall–Kier alpha value is -1.43. The molecular formula is C12H16N2O3S. The quantitative estimate of drug-likeness (QED) is 0.905. The first-order valence-corrected chi connectivity index (χ1v) is 6.90. The summed E-state index contributed by atoms with van der Waals surface area (Å²) < 4.78 is 0. The van der Waals surface area contributed by atoms with Gasteiger partial charge in [0.15, 0.2) is 0 Å². The largest absolute Gasteiger partial charge is 0.480 e. The maximum Gasteiger partial charge on any atom is 0.323 e. The van der Waals surface area contributed by atoms with Crippen LogP contribution in [0.15, 0.2) is 5.51 Å². The number of carboxylic acid groups (broad SMARTS) is 1. The van der Waals surface area contributed by atoms with E-state index in [2.05, 4.69) is 4.98 Å². The number of aryl methyl sites for hydroxylation is 1. The van der Waals surface area contributed by atoms with Crippen molar-refractivity contribution < 1.29 is 14.7 Å². The van der Waals surface area contributed by atoms with Gasteiger partial charge in [-0.1, -0.05) is 12.8 Å². The highest BCUT2D eigenvalue weighted by atomic mass is 32.1. The van der Waals surface area contributed by atoms with Gasteiger partial charge in [0, 0.05) is 6.04 Å². The summed E-state index contributed by atoms with van der Waals surface area (Å²) in [5.74, 6) is -1.15. The van der Waals surface area contributed by atoms with Gasteiger partial charge in [0.05, 0.1) is 11.2 Å². The van der Waals surface area contributed by atoms with Gasteiger partial charge in [-0.15, -0.1) is 11.3 Å². The van der Waals surface area contributed by atoms with Crippen LogP contribution in [0.3, 0.4) is 0 Å². The van der Waals surface area contributed by atoms with Crippen LogP contribution in [-0.4, -0.2) is 39.5 Å². The summed E-state index contributed by atoms with van der Waals surface area (Å²) in [5.41, 5.74) is 2.30. The Morgan fingerprint density at radius 2 is 2.17 bits per heavy atom. The van der Waals surface area contributed by atoms with Gasteiger partial charge in [-0.25, -0.2) is 4.98 Å². The van der Waals surface area contributed by atoms with Crippen LogP contribution in [0.1, 0.15) is 41.0 Å². The number of carbonyl (C=O) groups is 2. The Morgan fingerprint density at radius 1 is 1.50 bits per heavy atom. The standard InChI is InChI=1S/C12H16N2O3S/c1-8-11(18-7-13-8)12(17)14(6-10(15)16)9-4-2-3-5-9/h7,9H,2-6H2,1H3,(H,15,16). The molecule has 1 aliphatic rings. The summed E-state index contributed by atoms with van der Waals surface area (Å²) in [6.07, 6.45) is 3.93. The van der Waals surface area contributed by atoms with Gasteiger partial charge in [-0.3, -0.25) is 9.59 Å². The lowest BCUT2D eigenvalue weighted by Gasteiger charge is -2.26. The van der Waals surface area contributed by atoms with Crippen molar-refractivity contribution in [3.8, 4) is 0 Å². The van der Waals surface area contributed by atoms with Crippen LogP contribution in [0, 0.1) is 6.92 Å². The van der Waals surface area contributed by atoms with E-state index >= 15 is 0 Å². The van der Waals surface area contributed by atoms with Gasteiger partial charge in [-0.2, -0.15) is 0 Å². The third-order valence-electron chi connectivity index (χ3n) is 3.27. The van der Waals surface area contributed by atoms with Crippen molar-refractivity contribution in [2.24, 2.45) is 0 Å². The van der Waals surface area contributed by atoms with Crippen LogP contribution >= 0.6 is 11.3 Å². The minimum absolute atomic E-state index is 0.0649. The second-order valence-corrected chi connectivity index (χ2v) is 5.39. The van der Waals surface area contributed by atoms with Crippen molar-refractivity contribution in [3.05, 3.63) is 16.1 Å². The number of carboxylic acids is 1. The Balaban J connectivity index is 2.20. The molecule has 98 valence electrons. The predicted molar refractivity (Wildman–Crippen MR) is 67.8 cm³/mol. The maximum atomic E-state index is 12.4. The summed E-state index contributed by atoms with van der Waals surface area (Å²) in [7, 11) is 0. The van der Waals surface area contributed by atoms with Crippen molar-refractivity contribution in [1.82, 2.24) is 9.88 Å². The Bertz CT molecular complexity index is 452. The SMILES string of the molecule is Cc1ncsc1C(=O)N(CC(=O)O)C1CCCC1. The molecule has 1 aromatic heterocycles. The second-order valence-electron chi connectivity index (χ2n) is 4.53. The first kappa shape index (κ1) is 13.0. The number of amides is 1. The molecule has 1 aliphatic carbocycles. The van der Waals surface area contributed by atoms with Gasteiger partial charge < -0.3 is 10.0 Å². The van der Waals surface area contributed by atoms with E-state index in [1.54, 1.807) is 12.4 Å². The molecule has 0 spiro atoms. The van der Waals surface area contributed by atoms with Crippen LogP contribution in [0.25, 0.3) is 0 Å². The fourth-order valence-corrected chi connectivity index (χ4v) is 3.12. The Morgan fingerprint density at radius 3 is 2.67 bits per heavy atom. The lowest BCUT2D eigenvalue weighted by molar-refractivity contribution is -0.138. The van der Waals surface area contributed by atoms with Crippen LogP contribution < -0.4 is 0 Å². The van der Waals surface area contributed by atoms with Crippen LogP contribution in [0.5, 0.6) is 0 Å². The van der Waals surface area contributed by atoms with Crippen molar-refractivity contribution in [3.63, 3.8) is 0 Å². The van der Waals surface area contributed by atoms with Crippen molar-refractivity contribution in [2.45, 2.75) is 38.6 Å². The third-order valence-corrected chi connectivity index (χ3v) is 4.19. The van der Waals surface area contributed by atoms with E-state index in [-0.39, 0.29) is 18.5 Å². The van der Waals surface area contributed by atoms with E-state index in [9.17, 15) is 9.59 Å². The minimum atomic E-state index is -0.961. The molecule has 1 saturated carbocycles. The van der Waals surface area contributed by atoms with E-state index in [0.29, 0.717) is 10.6 Å². The summed E-state index contributed by atoms with van der Waals surface area (Å²) in [4.78, 5) is 29.4. The molecule has 1 heterocycles. The van der Waals surface area contributed by atoms with Gasteiger partial charge in [0.25, 0.3) is 5.91 Å². The number of hydrogen-bond acceptors (Lipinski definition) is 4. The number of aromatic nitrogens is 1. The summed E-state index contributed by atoms with van der Waals surface area (Å²) in [5, 5.41) is 8.95. The third kappa shape index (κ3) is 2.69. The fourth-order valence-electron chi connectivity index (χ4n) is 2.37. The topological polar surface area (TPSA) is 70.5 Å². The second kappa shape index (κ2) is 5.48. The molecule has 1 amide bonds. The molecule has 0 aromatic carbocycles. The number of thiazole rings is 1. The zero-order valence-electron chi connectivity index (χ0n) is 10.3. The maximum absolute atomic E-state index is 12.4. The fraction of sp³-hybridized carbons (Fsp3) is 0.583. The average molecular weight is 268 g/mol. The Kier molecular flexibility index (Phi) is 3.96. The van der Waals surface area contributed by atoms with Gasteiger partial charge >= 0.3 is 5.97 Å². The highest BCUT2D eigenvalue weighted by Crippen LogP contribution is 2.26. The van der Waals surface area contributed by atoms with E-state index in [4.69, 9.17) is 5.11 Å². The highest BCUT2D eigenvalue weighted by Gasteiger charge is 2.30. The zero-order chi connectivity index (χ0) is 13.1. The van der Waals surface area contributed by atoms with Crippen LogP contribution in [-0.2, 0) is 4.79 Å². The van der Waals surface area contributed by atoms with Gasteiger partial charge in [0.2, 0.25) is 0 Å². The zero-order valence-corrected chi connectivity index (χ0v) is 11.1. The van der Waals surface area contributed by atoms with Gasteiger partial charge in [-0.05, 0) is 19.8 Å². The number of hydrogen-bond donors (Lipinski definition) is 1. The number of carbonyl (C=O) groups excluding carboxylic acids is 1. The highest BCUT2D eigenvalue weighted by molar-refractivity contribution is 7.11. The monoisotopic (exact) mass is 268 g/mol. The van der Waals surface area contributed by atoms with Crippen molar-refractivity contribution in [1.29, 1.82) is 0 Å². The first-order valence-electron chi connectivity index (χ1n) is 6.02. The smallest absolute Gasteiger partial charge is 0.323 e. The molecular weight excluding hydrogens is 252 g/mol. The predicted octanol–water partition coefficient (Wildman–Crippen LogP) is 1.92. The molecule has 0 aliphatic heterocycles. The van der Waals surface area contributed by atoms with Gasteiger partial charge in [0.1, 0.15) is 11.4 Å². The molecule has 5 nitrogen and oxygen atoms in total. The van der Waals surface area contributed by atoms with E-state index in [1.807, 2.05) is 0 Å². The van der Waals surface area contributed by atoms with Crippen molar-refractivity contribution >= 4 is 23.2 Å². The van der Waals surface area contributed by atoms with Crippen molar-refractivity contribution in [2.75, 3.05) is 6.54 Å². The van der Waals surface area contributed by atoms with E-state index in [1.165, 1.54) is 16.2 Å². The minimum Gasteiger partial charge on any atom is -0.480 e. The summed E-state index contributed by atoms with van der Waals surface area (Å²) >= 11 is 1.28. The summed E-state index contributed by atoms with van der Waals surface area (Å²) in [6, 6.07) is 0.0649. The number of nitrogens with zero attached hydrogens (tertiary/aromatic N) is 2. The van der Waals surface area contributed by atoms with E-state index < -0.39 is 5.97 Å². The van der Waals surface area contributed by atoms with Crippen LogP contribution in [0.2, 0.25) is 0 Å². The average Bonchev–Trinajstić information content (AvgIpc) is 2.95. The lowest BCUT2D eigenvalue weighted by Crippen LogP contribution is -2.42. The molecule has 6 heteroatoms. The lowest BCUT2D eigenvalue weighted by atomic mass is 10.2. The molecule has 0 atom stereocenters. The normalized spacial score (nSPS) is 15.8. The molecule has 1 fully saturated rings. The molecule has 0 bridgehead atoms. The molecule has 1 N–H and O–H groups in total. The molecule has 0 radical (unpaired) electrons. The first-order chi connectivity index (χ1) is 8.59. The Labute approximate surface area is 109 Å².